The molecule has 1 aromatic carbocycles. The van der Waals surface area contributed by atoms with Gasteiger partial charge in [-0.1, -0.05) is 18.6 Å². The second-order valence-corrected chi connectivity index (χ2v) is 4.99. The number of rotatable bonds is 4. The van der Waals surface area contributed by atoms with Crippen molar-refractivity contribution in [1.82, 2.24) is 10.2 Å². The Kier molecular flexibility index (Phi) is 4.74. The fourth-order valence-electron chi connectivity index (χ4n) is 2.65. The number of nitriles is 1. The average Bonchev–Trinajstić information content (AvgIpc) is 2.42. The second-order valence-electron chi connectivity index (χ2n) is 4.99. The lowest BCUT2D eigenvalue weighted by atomic mass is 10.0. The van der Waals surface area contributed by atoms with Gasteiger partial charge in [-0.25, -0.2) is 0 Å². The molecule has 96 valence electrons. The van der Waals surface area contributed by atoms with Crippen LogP contribution < -0.4 is 5.32 Å². The van der Waals surface area contributed by atoms with Gasteiger partial charge in [-0.3, -0.25) is 4.90 Å². The molecule has 1 saturated heterocycles. The van der Waals surface area contributed by atoms with Crippen LogP contribution in [0.4, 0.5) is 0 Å². The Balaban J connectivity index is 1.99. The van der Waals surface area contributed by atoms with Gasteiger partial charge in [0.25, 0.3) is 0 Å². The first kappa shape index (κ1) is 13.1. The van der Waals surface area contributed by atoms with Gasteiger partial charge >= 0.3 is 0 Å². The Morgan fingerprint density at radius 2 is 2.11 bits per heavy atom. The summed E-state index contributed by atoms with van der Waals surface area (Å²) in [5, 5.41) is 12.1. The summed E-state index contributed by atoms with van der Waals surface area (Å²) in [5.74, 6) is 0. The fourth-order valence-corrected chi connectivity index (χ4v) is 2.65. The Morgan fingerprint density at radius 1 is 1.33 bits per heavy atom. The summed E-state index contributed by atoms with van der Waals surface area (Å²) in [4.78, 5) is 2.56. The molecule has 0 aromatic heterocycles. The largest absolute Gasteiger partial charge is 0.318 e. The van der Waals surface area contributed by atoms with E-state index in [9.17, 15) is 0 Å². The summed E-state index contributed by atoms with van der Waals surface area (Å²) in [6, 6.07) is 10.8. The van der Waals surface area contributed by atoms with Crippen LogP contribution in [-0.4, -0.2) is 31.1 Å². The lowest BCUT2D eigenvalue weighted by Crippen LogP contribution is -2.44. The number of likely N-dealkylation sites (tertiary alicyclic amines) is 1. The first-order chi connectivity index (χ1) is 8.83. The quantitative estimate of drug-likeness (QED) is 0.880. The first-order valence-electron chi connectivity index (χ1n) is 6.71. The topological polar surface area (TPSA) is 39.1 Å². The van der Waals surface area contributed by atoms with E-state index in [1.807, 2.05) is 19.2 Å². The molecule has 18 heavy (non-hydrogen) atoms. The molecule has 1 unspecified atom stereocenters. The Labute approximate surface area is 109 Å². The highest BCUT2D eigenvalue weighted by atomic mass is 15.2. The van der Waals surface area contributed by atoms with Crippen LogP contribution >= 0.6 is 0 Å². The number of benzene rings is 1. The van der Waals surface area contributed by atoms with E-state index < -0.39 is 0 Å². The van der Waals surface area contributed by atoms with E-state index in [0.29, 0.717) is 6.04 Å². The molecule has 1 atom stereocenters. The molecule has 0 bridgehead atoms. The molecule has 3 nitrogen and oxygen atoms in total. The summed E-state index contributed by atoms with van der Waals surface area (Å²) in [7, 11) is 2.02. The number of hydrogen-bond donors (Lipinski definition) is 1. The minimum atomic E-state index is 0.652. The smallest absolute Gasteiger partial charge is 0.0991 e. The molecule has 0 aliphatic carbocycles. The van der Waals surface area contributed by atoms with Crippen molar-refractivity contribution in [2.24, 2.45) is 0 Å². The summed E-state index contributed by atoms with van der Waals surface area (Å²) >= 11 is 0. The molecule has 0 amide bonds. The van der Waals surface area contributed by atoms with Crippen molar-refractivity contribution in [3.05, 3.63) is 35.4 Å². The Bertz CT molecular complexity index is 403. The van der Waals surface area contributed by atoms with Crippen LogP contribution in [-0.2, 0) is 6.54 Å². The van der Waals surface area contributed by atoms with Gasteiger partial charge in [-0.15, -0.1) is 0 Å². The standard InChI is InChI=1S/C15H21N3/c1-17-11-15-4-2-3-9-18(15)12-14-7-5-13(10-16)6-8-14/h5-8,15,17H,2-4,9,11-12H2,1H3. The zero-order valence-corrected chi connectivity index (χ0v) is 11.0. The molecule has 1 aliphatic heterocycles. The number of nitrogens with one attached hydrogen (secondary N) is 1. The average molecular weight is 243 g/mol. The molecule has 1 aliphatic rings. The molecule has 1 heterocycles. The van der Waals surface area contributed by atoms with Crippen LogP contribution in [0, 0.1) is 11.3 Å². The summed E-state index contributed by atoms with van der Waals surface area (Å²) in [6.07, 6.45) is 3.93. The van der Waals surface area contributed by atoms with E-state index in [4.69, 9.17) is 5.26 Å². The molecule has 2 rings (SSSR count). The van der Waals surface area contributed by atoms with Crippen molar-refractivity contribution in [2.45, 2.75) is 31.8 Å². The molecular formula is C15H21N3. The van der Waals surface area contributed by atoms with E-state index in [-0.39, 0.29) is 0 Å². The van der Waals surface area contributed by atoms with Crippen molar-refractivity contribution < 1.29 is 0 Å². The number of piperidine rings is 1. The van der Waals surface area contributed by atoms with Crippen LogP contribution in [0.15, 0.2) is 24.3 Å². The molecular weight excluding hydrogens is 222 g/mol. The minimum absolute atomic E-state index is 0.652. The summed E-state index contributed by atoms with van der Waals surface area (Å²) in [5.41, 5.74) is 2.04. The van der Waals surface area contributed by atoms with Crippen molar-refractivity contribution in [1.29, 1.82) is 5.26 Å². The first-order valence-corrected chi connectivity index (χ1v) is 6.71. The van der Waals surface area contributed by atoms with Gasteiger partial charge in [-0.05, 0) is 44.1 Å². The van der Waals surface area contributed by atoms with Crippen molar-refractivity contribution in [3.8, 4) is 6.07 Å². The summed E-state index contributed by atoms with van der Waals surface area (Å²) in [6.45, 7) is 3.25. The molecule has 1 fully saturated rings. The van der Waals surface area contributed by atoms with Gasteiger partial charge in [0.2, 0.25) is 0 Å². The molecule has 3 heteroatoms. The zero-order chi connectivity index (χ0) is 12.8. The van der Waals surface area contributed by atoms with Crippen LogP contribution in [0.1, 0.15) is 30.4 Å². The number of hydrogen-bond acceptors (Lipinski definition) is 3. The second kappa shape index (κ2) is 6.53. The van der Waals surface area contributed by atoms with E-state index in [0.717, 1.165) is 18.7 Å². The minimum Gasteiger partial charge on any atom is -0.318 e. The molecule has 1 N–H and O–H groups in total. The van der Waals surface area contributed by atoms with Crippen molar-refractivity contribution in [2.75, 3.05) is 20.1 Å². The predicted octanol–water partition coefficient (Wildman–Crippen LogP) is 2.13. The molecule has 0 spiro atoms. The molecule has 0 radical (unpaired) electrons. The fraction of sp³-hybridized carbons (Fsp3) is 0.533. The van der Waals surface area contributed by atoms with E-state index in [2.05, 4.69) is 28.4 Å². The number of nitrogens with zero attached hydrogens (tertiary/aromatic N) is 2. The monoisotopic (exact) mass is 243 g/mol. The third-order valence-corrected chi connectivity index (χ3v) is 3.66. The predicted molar refractivity (Wildman–Crippen MR) is 73.1 cm³/mol. The van der Waals surface area contributed by atoms with E-state index in [1.54, 1.807) is 0 Å². The van der Waals surface area contributed by atoms with Crippen LogP contribution in [0.2, 0.25) is 0 Å². The van der Waals surface area contributed by atoms with Crippen molar-refractivity contribution in [3.63, 3.8) is 0 Å². The van der Waals surface area contributed by atoms with Gasteiger partial charge in [0.15, 0.2) is 0 Å². The third kappa shape index (κ3) is 3.32. The van der Waals surface area contributed by atoms with Gasteiger partial charge in [0.05, 0.1) is 11.6 Å². The van der Waals surface area contributed by atoms with E-state index >= 15 is 0 Å². The van der Waals surface area contributed by atoms with Crippen molar-refractivity contribution >= 4 is 0 Å². The highest BCUT2D eigenvalue weighted by molar-refractivity contribution is 5.31. The normalized spacial score (nSPS) is 20.6. The Morgan fingerprint density at radius 3 is 2.78 bits per heavy atom. The molecule has 1 aromatic rings. The van der Waals surface area contributed by atoms with E-state index in [1.165, 1.54) is 31.4 Å². The maximum atomic E-state index is 8.79. The third-order valence-electron chi connectivity index (χ3n) is 3.66. The SMILES string of the molecule is CNCC1CCCCN1Cc1ccc(C#N)cc1. The lowest BCUT2D eigenvalue weighted by Gasteiger charge is -2.35. The van der Waals surface area contributed by atoms with Gasteiger partial charge in [0.1, 0.15) is 0 Å². The zero-order valence-electron chi connectivity index (χ0n) is 11.0. The van der Waals surface area contributed by atoms with Crippen LogP contribution in [0.5, 0.6) is 0 Å². The highest BCUT2D eigenvalue weighted by Gasteiger charge is 2.21. The molecule has 0 saturated carbocycles. The maximum Gasteiger partial charge on any atom is 0.0991 e. The van der Waals surface area contributed by atoms with Gasteiger partial charge in [0, 0.05) is 19.1 Å². The van der Waals surface area contributed by atoms with Gasteiger partial charge in [-0.2, -0.15) is 5.26 Å². The number of likely N-dealkylation sites (N-methyl/N-ethyl adjacent to an activating group) is 1. The summed E-state index contributed by atoms with van der Waals surface area (Å²) < 4.78 is 0. The lowest BCUT2D eigenvalue weighted by molar-refractivity contribution is 0.139. The van der Waals surface area contributed by atoms with Crippen LogP contribution in [0.25, 0.3) is 0 Å². The Hall–Kier alpha value is -1.37. The maximum absolute atomic E-state index is 8.79. The van der Waals surface area contributed by atoms with Gasteiger partial charge < -0.3 is 5.32 Å². The van der Waals surface area contributed by atoms with Crippen LogP contribution in [0.3, 0.4) is 0 Å². The highest BCUT2D eigenvalue weighted by Crippen LogP contribution is 2.19.